The van der Waals surface area contributed by atoms with E-state index in [1.807, 2.05) is 43.3 Å². The van der Waals surface area contributed by atoms with Crippen LogP contribution in [0.15, 0.2) is 33.7 Å². The summed E-state index contributed by atoms with van der Waals surface area (Å²) in [4.78, 5) is 2.06. The Labute approximate surface area is 142 Å². The third kappa shape index (κ3) is 3.95. The van der Waals surface area contributed by atoms with Crippen molar-refractivity contribution < 1.29 is 17.7 Å². The molecular formula is C16H23N3O4S. The number of benzene rings is 1. The van der Waals surface area contributed by atoms with Gasteiger partial charge in [-0.1, -0.05) is 17.3 Å². The highest BCUT2D eigenvalue weighted by molar-refractivity contribution is 7.89. The van der Waals surface area contributed by atoms with Crippen molar-refractivity contribution in [3.8, 4) is 5.75 Å². The van der Waals surface area contributed by atoms with E-state index in [1.165, 1.54) is 0 Å². The maximum atomic E-state index is 12.5. The highest BCUT2D eigenvalue weighted by Crippen LogP contribution is 2.23. The summed E-state index contributed by atoms with van der Waals surface area (Å²) in [5.41, 5.74) is 1.34. The molecule has 1 heterocycles. The Morgan fingerprint density at radius 1 is 1.25 bits per heavy atom. The van der Waals surface area contributed by atoms with Gasteiger partial charge < -0.3 is 14.2 Å². The third-order valence-electron chi connectivity index (χ3n) is 3.83. The minimum atomic E-state index is -3.69. The van der Waals surface area contributed by atoms with Crippen LogP contribution in [0.2, 0.25) is 0 Å². The Morgan fingerprint density at radius 3 is 2.33 bits per heavy atom. The van der Waals surface area contributed by atoms with Gasteiger partial charge in [-0.05, 0) is 45.6 Å². The van der Waals surface area contributed by atoms with Crippen molar-refractivity contribution in [3.05, 3.63) is 41.3 Å². The smallest absolute Gasteiger partial charge is 0.246 e. The molecule has 0 aliphatic heterocycles. The number of aromatic nitrogens is 1. The van der Waals surface area contributed by atoms with Gasteiger partial charge in [0.1, 0.15) is 16.3 Å². The largest absolute Gasteiger partial charge is 0.497 e. The van der Waals surface area contributed by atoms with Gasteiger partial charge in [-0.3, -0.25) is 0 Å². The monoisotopic (exact) mass is 353 g/mol. The fourth-order valence-corrected chi connectivity index (χ4v) is 3.91. The normalized spacial score (nSPS) is 13.2. The molecule has 0 fully saturated rings. The average molecular weight is 353 g/mol. The number of nitrogens with one attached hydrogen (secondary N) is 1. The van der Waals surface area contributed by atoms with E-state index in [9.17, 15) is 8.42 Å². The van der Waals surface area contributed by atoms with E-state index in [2.05, 4.69) is 9.88 Å². The number of likely N-dealkylation sites (N-methyl/N-ethyl adjacent to an activating group) is 1. The Balaban J connectivity index is 2.19. The molecule has 1 atom stereocenters. The van der Waals surface area contributed by atoms with Crippen molar-refractivity contribution in [3.63, 3.8) is 0 Å². The van der Waals surface area contributed by atoms with Crippen molar-refractivity contribution in [2.75, 3.05) is 27.7 Å². The second kappa shape index (κ2) is 7.33. The molecule has 24 heavy (non-hydrogen) atoms. The summed E-state index contributed by atoms with van der Waals surface area (Å²) in [6, 6.07) is 7.44. The van der Waals surface area contributed by atoms with E-state index >= 15 is 0 Å². The van der Waals surface area contributed by atoms with Gasteiger partial charge in [0.2, 0.25) is 10.0 Å². The number of aryl methyl sites for hydroxylation is 2. The molecule has 1 aromatic heterocycles. The maximum Gasteiger partial charge on any atom is 0.246 e. The molecule has 0 saturated carbocycles. The van der Waals surface area contributed by atoms with Crippen LogP contribution < -0.4 is 9.46 Å². The van der Waals surface area contributed by atoms with Crippen LogP contribution in [-0.4, -0.2) is 46.2 Å². The summed E-state index contributed by atoms with van der Waals surface area (Å²) in [6.45, 7) is 3.42. The molecule has 0 aliphatic carbocycles. The minimum Gasteiger partial charge on any atom is -0.497 e. The lowest BCUT2D eigenvalue weighted by Gasteiger charge is -2.25. The third-order valence-corrected chi connectivity index (χ3v) is 5.49. The van der Waals surface area contributed by atoms with Gasteiger partial charge in [-0.2, -0.15) is 0 Å². The summed E-state index contributed by atoms with van der Waals surface area (Å²) in [5, 5.41) is 3.70. The molecule has 0 amide bonds. The maximum absolute atomic E-state index is 12.5. The highest BCUT2D eigenvalue weighted by atomic mass is 32.2. The number of sulfonamides is 1. The minimum absolute atomic E-state index is 0.106. The van der Waals surface area contributed by atoms with Crippen LogP contribution in [0.5, 0.6) is 5.75 Å². The molecule has 1 unspecified atom stereocenters. The van der Waals surface area contributed by atoms with Crippen LogP contribution >= 0.6 is 0 Å². The molecule has 0 saturated heterocycles. The summed E-state index contributed by atoms with van der Waals surface area (Å²) in [5.74, 6) is 1.04. The molecule has 0 spiro atoms. The Morgan fingerprint density at radius 2 is 1.88 bits per heavy atom. The van der Waals surface area contributed by atoms with Gasteiger partial charge in [0, 0.05) is 12.6 Å². The first-order valence-corrected chi connectivity index (χ1v) is 8.97. The summed E-state index contributed by atoms with van der Waals surface area (Å²) < 4.78 is 37.8. The predicted molar refractivity (Wildman–Crippen MR) is 90.6 cm³/mol. The first kappa shape index (κ1) is 18.4. The molecule has 0 radical (unpaired) electrons. The first-order chi connectivity index (χ1) is 11.3. The average Bonchev–Trinajstić information content (AvgIpc) is 2.87. The Hall–Kier alpha value is -1.90. The lowest BCUT2D eigenvalue weighted by molar-refractivity contribution is 0.299. The zero-order valence-electron chi connectivity index (χ0n) is 14.5. The lowest BCUT2D eigenvalue weighted by Crippen LogP contribution is -2.34. The molecule has 0 aliphatic rings. The van der Waals surface area contributed by atoms with Gasteiger partial charge in [0.15, 0.2) is 5.76 Å². The number of hydrogen-bond donors (Lipinski definition) is 1. The van der Waals surface area contributed by atoms with Crippen LogP contribution in [0.3, 0.4) is 0 Å². The molecule has 1 N–H and O–H groups in total. The standard InChI is InChI=1S/C16H23N3O4S/c1-11-16(12(2)23-18-11)24(20,21)17-10-15(19(3)4)13-6-8-14(22-5)9-7-13/h6-9,15,17H,10H2,1-5H3. The Bertz CT molecular complexity index is 763. The molecule has 2 rings (SSSR count). The summed E-state index contributed by atoms with van der Waals surface area (Å²) in [6.07, 6.45) is 0. The summed E-state index contributed by atoms with van der Waals surface area (Å²) in [7, 11) is 1.73. The van der Waals surface area contributed by atoms with Gasteiger partial charge >= 0.3 is 0 Å². The first-order valence-electron chi connectivity index (χ1n) is 7.49. The van der Waals surface area contributed by atoms with E-state index in [1.54, 1.807) is 21.0 Å². The number of hydrogen-bond acceptors (Lipinski definition) is 6. The molecule has 8 heteroatoms. The fraction of sp³-hybridized carbons (Fsp3) is 0.438. The zero-order chi connectivity index (χ0) is 17.9. The van der Waals surface area contributed by atoms with E-state index in [4.69, 9.17) is 9.26 Å². The zero-order valence-corrected chi connectivity index (χ0v) is 15.3. The number of ether oxygens (including phenoxy) is 1. The molecule has 132 valence electrons. The van der Waals surface area contributed by atoms with E-state index in [0.29, 0.717) is 5.69 Å². The van der Waals surface area contributed by atoms with Gasteiger partial charge in [-0.15, -0.1) is 0 Å². The van der Waals surface area contributed by atoms with Crippen molar-refractivity contribution in [2.24, 2.45) is 0 Å². The van der Waals surface area contributed by atoms with Crippen molar-refractivity contribution in [1.82, 2.24) is 14.8 Å². The SMILES string of the molecule is COc1ccc(C(CNS(=O)(=O)c2c(C)noc2C)N(C)C)cc1. The second-order valence-electron chi connectivity index (χ2n) is 5.76. The summed E-state index contributed by atoms with van der Waals surface area (Å²) >= 11 is 0. The second-order valence-corrected chi connectivity index (χ2v) is 7.46. The van der Waals surface area contributed by atoms with Crippen molar-refractivity contribution in [1.29, 1.82) is 0 Å². The van der Waals surface area contributed by atoms with E-state index < -0.39 is 10.0 Å². The van der Waals surface area contributed by atoms with Gasteiger partial charge in [0.05, 0.1) is 7.11 Å². The molecule has 7 nitrogen and oxygen atoms in total. The van der Waals surface area contributed by atoms with Crippen LogP contribution in [0.4, 0.5) is 0 Å². The quantitative estimate of drug-likeness (QED) is 0.818. The number of methoxy groups -OCH3 is 1. The molecule has 1 aromatic carbocycles. The van der Waals surface area contributed by atoms with Crippen LogP contribution in [0.25, 0.3) is 0 Å². The van der Waals surface area contributed by atoms with E-state index in [-0.39, 0.29) is 23.2 Å². The number of rotatable bonds is 7. The predicted octanol–water partition coefficient (Wildman–Crippen LogP) is 1.88. The van der Waals surface area contributed by atoms with Crippen molar-refractivity contribution >= 4 is 10.0 Å². The van der Waals surface area contributed by atoms with Crippen LogP contribution in [-0.2, 0) is 10.0 Å². The topological polar surface area (TPSA) is 84.7 Å². The van der Waals surface area contributed by atoms with E-state index in [0.717, 1.165) is 11.3 Å². The fourth-order valence-electron chi connectivity index (χ4n) is 2.54. The lowest BCUT2D eigenvalue weighted by atomic mass is 10.1. The Kier molecular flexibility index (Phi) is 5.63. The molecule has 2 aromatic rings. The molecule has 0 bridgehead atoms. The highest BCUT2D eigenvalue weighted by Gasteiger charge is 2.26. The van der Waals surface area contributed by atoms with Gasteiger partial charge in [0.25, 0.3) is 0 Å². The van der Waals surface area contributed by atoms with Gasteiger partial charge in [-0.25, -0.2) is 13.1 Å². The van der Waals surface area contributed by atoms with Crippen LogP contribution in [0.1, 0.15) is 23.1 Å². The molecular weight excluding hydrogens is 330 g/mol. The van der Waals surface area contributed by atoms with Crippen LogP contribution in [0, 0.1) is 13.8 Å². The number of nitrogens with zero attached hydrogens (tertiary/aromatic N) is 2. The van der Waals surface area contributed by atoms with Crippen molar-refractivity contribution in [2.45, 2.75) is 24.8 Å².